The van der Waals surface area contributed by atoms with E-state index in [-0.39, 0.29) is 11.5 Å². The molecule has 1 aromatic heterocycles. The second-order valence-corrected chi connectivity index (χ2v) is 4.98. The number of fused-ring (bicyclic) bond motifs is 1. The highest BCUT2D eigenvalue weighted by atomic mass is 19.1. The summed E-state index contributed by atoms with van der Waals surface area (Å²) in [6, 6.07) is 5.61. The van der Waals surface area contributed by atoms with E-state index in [4.69, 9.17) is 0 Å². The fraction of sp³-hybridized carbons (Fsp3) is 0.286. The zero-order chi connectivity index (χ0) is 14.1. The summed E-state index contributed by atoms with van der Waals surface area (Å²) in [5.74, 6) is -0.233. The topological polar surface area (TPSA) is 61.0 Å². The van der Waals surface area contributed by atoms with E-state index in [2.05, 4.69) is 20.4 Å². The highest BCUT2D eigenvalue weighted by Crippen LogP contribution is 2.23. The Hall–Kier alpha value is -2.21. The zero-order valence-electron chi connectivity index (χ0n) is 11.1. The van der Waals surface area contributed by atoms with Gasteiger partial charge in [0.2, 0.25) is 0 Å². The molecule has 2 aromatic rings. The van der Waals surface area contributed by atoms with Crippen LogP contribution in [0.15, 0.2) is 24.3 Å². The molecule has 0 saturated heterocycles. The number of carbonyl (C=O) groups is 1. The van der Waals surface area contributed by atoms with Gasteiger partial charge >= 0.3 is 0 Å². The van der Waals surface area contributed by atoms with Crippen molar-refractivity contribution >= 4 is 11.7 Å². The van der Waals surface area contributed by atoms with Crippen LogP contribution >= 0.6 is 0 Å². The van der Waals surface area contributed by atoms with E-state index in [1.165, 1.54) is 18.2 Å². The Kier molecular flexibility index (Phi) is 3.23. The summed E-state index contributed by atoms with van der Waals surface area (Å²) in [5, 5.41) is 9.83. The molecule has 6 heteroatoms. The molecule has 1 aromatic carbocycles. The van der Waals surface area contributed by atoms with Crippen molar-refractivity contribution in [2.75, 3.05) is 18.9 Å². The van der Waals surface area contributed by atoms with E-state index in [9.17, 15) is 9.18 Å². The van der Waals surface area contributed by atoms with Gasteiger partial charge in [0, 0.05) is 24.2 Å². The molecule has 0 aliphatic carbocycles. The van der Waals surface area contributed by atoms with E-state index in [1.54, 1.807) is 6.07 Å². The summed E-state index contributed by atoms with van der Waals surface area (Å²) in [6.07, 6.45) is 0.834. The first-order valence-corrected chi connectivity index (χ1v) is 6.45. The third-order valence-electron chi connectivity index (χ3n) is 3.44. The van der Waals surface area contributed by atoms with Crippen LogP contribution in [0, 0.1) is 5.82 Å². The molecule has 0 spiro atoms. The largest absolute Gasteiger partial charge is 0.305 e. The van der Waals surface area contributed by atoms with E-state index < -0.39 is 5.82 Å². The van der Waals surface area contributed by atoms with Gasteiger partial charge < -0.3 is 10.2 Å². The van der Waals surface area contributed by atoms with E-state index in [1.807, 2.05) is 7.05 Å². The van der Waals surface area contributed by atoms with Gasteiger partial charge in [0.05, 0.1) is 5.69 Å². The first-order valence-electron chi connectivity index (χ1n) is 6.45. The average Bonchev–Trinajstić information content (AvgIpc) is 2.81. The summed E-state index contributed by atoms with van der Waals surface area (Å²) in [4.78, 5) is 14.3. The van der Waals surface area contributed by atoms with Gasteiger partial charge in [-0.15, -0.1) is 0 Å². The van der Waals surface area contributed by atoms with Gasteiger partial charge in [0.15, 0.2) is 5.82 Å². The van der Waals surface area contributed by atoms with Gasteiger partial charge in [-0.1, -0.05) is 6.07 Å². The SMILES string of the molecule is CN1CCc2c(NC(=O)c3cccc(F)c3)n[nH]c2C1. The molecule has 104 valence electrons. The maximum Gasteiger partial charge on any atom is 0.256 e. The van der Waals surface area contributed by atoms with Crippen molar-refractivity contribution in [1.82, 2.24) is 15.1 Å². The molecule has 2 N–H and O–H groups in total. The van der Waals surface area contributed by atoms with Crippen molar-refractivity contribution in [2.45, 2.75) is 13.0 Å². The Bertz CT molecular complexity index is 652. The van der Waals surface area contributed by atoms with Gasteiger partial charge in [-0.2, -0.15) is 5.10 Å². The van der Waals surface area contributed by atoms with Crippen LogP contribution in [0.3, 0.4) is 0 Å². The monoisotopic (exact) mass is 274 g/mol. The molecule has 1 aliphatic rings. The summed E-state index contributed by atoms with van der Waals surface area (Å²) in [7, 11) is 2.04. The highest BCUT2D eigenvalue weighted by Gasteiger charge is 2.21. The second-order valence-electron chi connectivity index (χ2n) is 4.98. The van der Waals surface area contributed by atoms with Crippen LogP contribution < -0.4 is 5.32 Å². The molecule has 0 unspecified atom stereocenters. The number of rotatable bonds is 2. The van der Waals surface area contributed by atoms with E-state index >= 15 is 0 Å². The number of amides is 1. The first kappa shape index (κ1) is 12.8. The van der Waals surface area contributed by atoms with Gasteiger partial charge in [-0.05, 0) is 31.7 Å². The molecule has 0 fully saturated rings. The molecule has 3 rings (SSSR count). The third kappa shape index (κ3) is 2.42. The van der Waals surface area contributed by atoms with Crippen LogP contribution in [0.25, 0.3) is 0 Å². The lowest BCUT2D eigenvalue weighted by atomic mass is 10.1. The number of halogens is 1. The van der Waals surface area contributed by atoms with Gasteiger partial charge in [-0.3, -0.25) is 9.89 Å². The first-order chi connectivity index (χ1) is 9.63. The van der Waals surface area contributed by atoms with E-state index in [0.29, 0.717) is 5.82 Å². The molecular weight excluding hydrogens is 259 g/mol. The van der Waals surface area contributed by atoms with Crippen LogP contribution in [0.4, 0.5) is 10.2 Å². The van der Waals surface area contributed by atoms with Gasteiger partial charge in [-0.25, -0.2) is 4.39 Å². The minimum Gasteiger partial charge on any atom is -0.305 e. The number of benzene rings is 1. The Morgan fingerprint density at radius 2 is 2.35 bits per heavy atom. The minimum atomic E-state index is -0.427. The number of hydrogen-bond donors (Lipinski definition) is 2. The number of anilines is 1. The molecule has 5 nitrogen and oxygen atoms in total. The number of H-pyrrole nitrogens is 1. The summed E-state index contributed by atoms with van der Waals surface area (Å²) in [5.41, 5.74) is 2.34. The number of aromatic nitrogens is 2. The minimum absolute atomic E-state index is 0.287. The van der Waals surface area contributed by atoms with Crippen LogP contribution in [0.5, 0.6) is 0 Å². The molecule has 0 atom stereocenters. The van der Waals surface area contributed by atoms with Gasteiger partial charge in [0.25, 0.3) is 5.91 Å². The fourth-order valence-corrected chi connectivity index (χ4v) is 2.37. The normalized spacial score (nSPS) is 14.9. The molecule has 20 heavy (non-hydrogen) atoms. The zero-order valence-corrected chi connectivity index (χ0v) is 11.1. The molecule has 1 aliphatic heterocycles. The van der Waals surface area contributed by atoms with Crippen LogP contribution in [0.1, 0.15) is 21.6 Å². The fourth-order valence-electron chi connectivity index (χ4n) is 2.37. The van der Waals surface area contributed by atoms with Crippen LogP contribution in [-0.2, 0) is 13.0 Å². The Labute approximate surface area is 115 Å². The van der Waals surface area contributed by atoms with Crippen molar-refractivity contribution in [1.29, 1.82) is 0 Å². The standard InChI is InChI=1S/C14H15FN4O/c1-19-6-5-11-12(8-19)17-18-13(11)16-14(20)9-3-2-4-10(15)7-9/h2-4,7H,5-6,8H2,1H3,(H2,16,17,18,20). The van der Waals surface area contributed by atoms with Crippen molar-refractivity contribution in [3.8, 4) is 0 Å². The van der Waals surface area contributed by atoms with Crippen molar-refractivity contribution in [3.63, 3.8) is 0 Å². The Morgan fingerprint density at radius 3 is 3.15 bits per heavy atom. The Morgan fingerprint density at radius 1 is 1.50 bits per heavy atom. The summed E-state index contributed by atoms with van der Waals surface area (Å²) < 4.78 is 13.1. The molecule has 0 saturated carbocycles. The summed E-state index contributed by atoms with van der Waals surface area (Å²) in [6.45, 7) is 1.72. The maximum absolute atomic E-state index is 13.1. The quantitative estimate of drug-likeness (QED) is 0.877. The van der Waals surface area contributed by atoms with Crippen LogP contribution in [0.2, 0.25) is 0 Å². The number of aromatic amines is 1. The number of nitrogens with zero attached hydrogens (tertiary/aromatic N) is 2. The molecule has 0 bridgehead atoms. The lowest BCUT2D eigenvalue weighted by Gasteiger charge is -2.21. The van der Waals surface area contributed by atoms with Crippen molar-refractivity contribution < 1.29 is 9.18 Å². The Balaban J connectivity index is 1.80. The number of carbonyl (C=O) groups excluding carboxylic acids is 1. The van der Waals surface area contributed by atoms with Gasteiger partial charge in [0.1, 0.15) is 5.82 Å². The van der Waals surface area contributed by atoms with Crippen LogP contribution in [-0.4, -0.2) is 34.6 Å². The lowest BCUT2D eigenvalue weighted by Crippen LogP contribution is -2.26. The maximum atomic E-state index is 13.1. The lowest BCUT2D eigenvalue weighted by molar-refractivity contribution is 0.102. The predicted octanol–water partition coefficient (Wildman–Crippen LogP) is 1.79. The van der Waals surface area contributed by atoms with E-state index in [0.717, 1.165) is 30.8 Å². The smallest absolute Gasteiger partial charge is 0.256 e. The molecule has 0 radical (unpaired) electrons. The number of hydrogen-bond acceptors (Lipinski definition) is 3. The summed E-state index contributed by atoms with van der Waals surface area (Å²) >= 11 is 0. The third-order valence-corrected chi connectivity index (χ3v) is 3.44. The predicted molar refractivity (Wildman–Crippen MR) is 73.0 cm³/mol. The average molecular weight is 274 g/mol. The molecule has 1 amide bonds. The molecular formula is C14H15FN4O. The molecule has 2 heterocycles. The van der Waals surface area contributed by atoms with Crippen molar-refractivity contribution in [2.24, 2.45) is 0 Å². The number of likely N-dealkylation sites (N-methyl/N-ethyl adjacent to an activating group) is 1. The second kappa shape index (κ2) is 5.05. The highest BCUT2D eigenvalue weighted by molar-refractivity contribution is 6.04. The van der Waals surface area contributed by atoms with Crippen molar-refractivity contribution in [3.05, 3.63) is 46.9 Å². The number of nitrogens with one attached hydrogen (secondary N) is 2.